The van der Waals surface area contributed by atoms with Crippen molar-refractivity contribution in [3.63, 3.8) is 0 Å². The van der Waals surface area contributed by atoms with Gasteiger partial charge in [0.25, 0.3) is 0 Å². The first kappa shape index (κ1) is 27.7. The summed E-state index contributed by atoms with van der Waals surface area (Å²) in [5, 5.41) is 21.0. The van der Waals surface area contributed by atoms with E-state index in [0.717, 1.165) is 12.8 Å². The number of aliphatic carboxylic acids is 1. The molecule has 0 bridgehead atoms. The Labute approximate surface area is 195 Å². The molecule has 0 aromatic heterocycles. The summed E-state index contributed by atoms with van der Waals surface area (Å²) in [6, 6.07) is 0. The Morgan fingerprint density at radius 3 is 2.00 bits per heavy atom. The molecule has 6 nitrogen and oxygen atoms in total. The van der Waals surface area contributed by atoms with E-state index in [-0.39, 0.29) is 63.8 Å². The molecule has 0 rings (SSSR count). The van der Waals surface area contributed by atoms with Crippen molar-refractivity contribution in [1.29, 1.82) is 0 Å². The van der Waals surface area contributed by atoms with Crippen LogP contribution in [-0.2, 0) is 9.59 Å². The Kier molecular flexibility index (Phi) is 21.4. The van der Waals surface area contributed by atoms with Crippen molar-refractivity contribution in [3.8, 4) is 0 Å². The van der Waals surface area contributed by atoms with Crippen molar-refractivity contribution in [2.75, 3.05) is 19.6 Å². The number of carboxylic acid groups (broad SMARTS) is 1. The molecule has 1 atom stereocenters. The summed E-state index contributed by atoms with van der Waals surface area (Å²) < 4.78 is 0. The van der Waals surface area contributed by atoms with Gasteiger partial charge < -0.3 is 15.5 Å². The minimum atomic E-state index is -0.989. The first-order valence-electron chi connectivity index (χ1n) is 9.38. The van der Waals surface area contributed by atoms with Crippen LogP contribution in [0, 0.1) is 0 Å². The number of amides is 1. The number of hydrogen-bond donors (Lipinski definition) is 3. The molecule has 0 aliphatic carbocycles. The number of nitrogens with one attached hydrogen (secondary N) is 1. The quantitative estimate of drug-likeness (QED) is 0.215. The van der Waals surface area contributed by atoms with Gasteiger partial charge in [-0.25, -0.2) is 0 Å². The van der Waals surface area contributed by atoms with Crippen LogP contribution in [-0.4, -0.2) is 104 Å². The number of rotatable bonds is 16. The fraction of sp³-hybridized carbons (Fsp3) is 0.889. The predicted molar refractivity (Wildman–Crippen MR) is 103 cm³/mol. The predicted octanol–water partition coefficient (Wildman–Crippen LogP) is 2.10. The number of unbranched alkanes of at least 4 members (excludes halogenated alkanes) is 8. The van der Waals surface area contributed by atoms with Crippen molar-refractivity contribution in [2.45, 2.75) is 84.3 Å². The number of carbonyl (C=O) groups excluding carboxylic acids is 1. The van der Waals surface area contributed by atoms with Gasteiger partial charge in [-0.05, 0) is 13.3 Å². The third-order valence-corrected chi connectivity index (χ3v) is 4.10. The van der Waals surface area contributed by atoms with Gasteiger partial charge in [-0.2, -0.15) is 0 Å². The van der Waals surface area contributed by atoms with E-state index in [2.05, 4.69) is 12.2 Å². The molecule has 144 valence electrons. The van der Waals surface area contributed by atoms with Crippen molar-refractivity contribution in [1.82, 2.24) is 10.2 Å². The molecular weight excluding hydrogens is 347 g/mol. The molecule has 1 amide bonds. The van der Waals surface area contributed by atoms with Gasteiger partial charge in [0.15, 0.2) is 0 Å². The van der Waals surface area contributed by atoms with Crippen molar-refractivity contribution in [3.05, 3.63) is 0 Å². The van der Waals surface area contributed by atoms with Gasteiger partial charge in [-0.1, -0.05) is 58.3 Å². The third-order valence-electron chi connectivity index (χ3n) is 4.10. The maximum atomic E-state index is 11.7. The van der Waals surface area contributed by atoms with E-state index in [1.165, 1.54) is 56.8 Å². The molecule has 0 aromatic rings. The van der Waals surface area contributed by atoms with Gasteiger partial charge in [-0.15, -0.1) is 0 Å². The average molecular weight is 385 g/mol. The van der Waals surface area contributed by atoms with Crippen LogP contribution in [0.1, 0.15) is 78.1 Å². The summed E-state index contributed by atoms with van der Waals surface area (Å²) in [5.74, 6) is -0.990. The molecule has 0 saturated carbocycles. The number of nitrogens with zero attached hydrogens (tertiary/aromatic N) is 1. The molecule has 0 heterocycles. The summed E-state index contributed by atoms with van der Waals surface area (Å²) >= 11 is 0. The van der Waals surface area contributed by atoms with Gasteiger partial charge in [0.1, 0.15) is 6.23 Å². The van der Waals surface area contributed by atoms with Crippen LogP contribution in [0.3, 0.4) is 0 Å². The average Bonchev–Trinajstić information content (AvgIpc) is 2.51. The minimum absolute atomic E-state index is 0. The molecule has 0 spiro atoms. The van der Waals surface area contributed by atoms with Gasteiger partial charge >= 0.3 is 57.4 Å². The topological polar surface area (TPSA) is 89.9 Å². The van der Waals surface area contributed by atoms with Gasteiger partial charge in [0.05, 0.1) is 6.54 Å². The summed E-state index contributed by atoms with van der Waals surface area (Å²) in [4.78, 5) is 23.8. The summed E-state index contributed by atoms with van der Waals surface area (Å²) in [6.45, 7) is 4.19. The zero-order valence-electron chi connectivity index (χ0n) is 15.4. The monoisotopic (exact) mass is 384 g/mol. The number of hydrogen-bond acceptors (Lipinski definition) is 4. The summed E-state index contributed by atoms with van der Waals surface area (Å²) in [6.07, 6.45) is 10.7. The van der Waals surface area contributed by atoms with Crippen LogP contribution in [0.4, 0.5) is 0 Å². The molecule has 1 unspecified atom stereocenters. The Bertz CT molecular complexity index is 341. The normalized spacial score (nSPS) is 11.8. The molecule has 3 N–H and O–H groups in total. The Morgan fingerprint density at radius 2 is 1.52 bits per heavy atom. The number of carboxylic acids is 1. The zero-order valence-corrected chi connectivity index (χ0v) is 15.4. The van der Waals surface area contributed by atoms with Gasteiger partial charge in [-0.3, -0.25) is 14.5 Å². The van der Waals surface area contributed by atoms with E-state index in [0.29, 0.717) is 19.5 Å². The summed E-state index contributed by atoms with van der Waals surface area (Å²) in [5.41, 5.74) is 0. The molecule has 25 heavy (non-hydrogen) atoms. The second-order valence-electron chi connectivity index (χ2n) is 6.42. The molecule has 0 aromatic carbocycles. The van der Waals surface area contributed by atoms with E-state index < -0.39 is 12.2 Å². The van der Waals surface area contributed by atoms with E-state index in [4.69, 9.17) is 5.11 Å². The van der Waals surface area contributed by atoms with Gasteiger partial charge in [0.2, 0.25) is 5.91 Å². The van der Waals surface area contributed by atoms with Crippen molar-refractivity contribution >= 4 is 63.3 Å². The summed E-state index contributed by atoms with van der Waals surface area (Å²) in [7, 11) is 0. The Balaban J connectivity index is 0. The number of aliphatic hydroxyl groups excluding tert-OH is 1. The van der Waals surface area contributed by atoms with E-state index in [1.807, 2.05) is 0 Å². The fourth-order valence-electron chi connectivity index (χ4n) is 2.60. The Hall–Kier alpha value is 0.496. The van der Waals surface area contributed by atoms with Crippen LogP contribution in [0.2, 0.25) is 0 Å². The molecule has 0 saturated heterocycles. The van der Waals surface area contributed by atoms with E-state index in [9.17, 15) is 14.7 Å². The van der Waals surface area contributed by atoms with Crippen molar-refractivity contribution in [2.24, 2.45) is 0 Å². The Morgan fingerprint density at radius 1 is 1.00 bits per heavy atom. The first-order chi connectivity index (χ1) is 11.5. The zero-order chi connectivity index (χ0) is 18.2. The second-order valence-corrected chi connectivity index (χ2v) is 6.42. The molecular formula is C18H37KN2O4. The van der Waals surface area contributed by atoms with Crippen LogP contribution in [0.15, 0.2) is 0 Å². The SMILES string of the molecule is CCCCCCCCCCCC(=O)NCCN(CC(=O)O)C(C)O.[KH]. The molecule has 0 radical (unpaired) electrons. The van der Waals surface area contributed by atoms with E-state index >= 15 is 0 Å². The standard InChI is InChI=1S/C18H36N2O4.K.H/c1-3-4-5-6-7-8-9-10-11-12-17(22)19-13-14-20(16(2)21)15-18(23)24;;/h16,21H,3-15H2,1-2H3,(H,19,22)(H,23,24);;. The van der Waals surface area contributed by atoms with Crippen LogP contribution in [0.5, 0.6) is 0 Å². The van der Waals surface area contributed by atoms with Gasteiger partial charge in [0, 0.05) is 19.5 Å². The number of carbonyl (C=O) groups is 2. The van der Waals surface area contributed by atoms with Crippen LogP contribution < -0.4 is 5.32 Å². The molecule has 7 heteroatoms. The van der Waals surface area contributed by atoms with Crippen molar-refractivity contribution < 1.29 is 19.8 Å². The second kappa shape index (κ2) is 19.3. The van der Waals surface area contributed by atoms with E-state index in [1.54, 1.807) is 0 Å². The fourth-order valence-corrected chi connectivity index (χ4v) is 2.60. The van der Waals surface area contributed by atoms with Crippen LogP contribution in [0.25, 0.3) is 0 Å². The first-order valence-corrected chi connectivity index (χ1v) is 9.38. The molecule has 0 aliphatic rings. The number of aliphatic hydroxyl groups is 1. The molecule has 0 fully saturated rings. The third kappa shape index (κ3) is 19.1. The molecule has 0 aliphatic heterocycles. The maximum absolute atomic E-state index is 11.7. The van der Waals surface area contributed by atoms with Crippen LogP contribution >= 0.6 is 0 Å².